The summed E-state index contributed by atoms with van der Waals surface area (Å²) in [5.41, 5.74) is 2.01. The van der Waals surface area contributed by atoms with Gasteiger partial charge in [-0.3, -0.25) is 0 Å². The SMILES string of the molecule is CCCC/C(=C\C(C)(C)C)B(C(C)C(C)C)C(C)C(C)C. The van der Waals surface area contributed by atoms with Crippen molar-refractivity contribution < 1.29 is 0 Å². The van der Waals surface area contributed by atoms with E-state index < -0.39 is 0 Å². The molecule has 0 rings (SSSR count). The van der Waals surface area contributed by atoms with Crippen molar-refractivity contribution in [1.29, 1.82) is 0 Å². The number of hydrogen-bond donors (Lipinski definition) is 0. The van der Waals surface area contributed by atoms with Crippen molar-refractivity contribution in [3.8, 4) is 0 Å². The third-order valence-corrected chi connectivity index (χ3v) is 5.10. The minimum atomic E-state index is 0.286. The highest BCUT2D eigenvalue weighted by molar-refractivity contribution is 6.69. The maximum atomic E-state index is 2.59. The van der Waals surface area contributed by atoms with Gasteiger partial charge in [0, 0.05) is 0 Å². The van der Waals surface area contributed by atoms with Crippen LogP contribution in [0.15, 0.2) is 11.5 Å². The number of allylic oxidation sites excluding steroid dienone is 2. The van der Waals surface area contributed by atoms with Crippen molar-refractivity contribution >= 4 is 6.71 Å². The fraction of sp³-hybridized carbons (Fsp3) is 0.900. The summed E-state index contributed by atoms with van der Waals surface area (Å²) in [5, 5.41) is 0. The number of unbranched alkanes of at least 4 members (excludes halogenated alkanes) is 1. The molecule has 0 saturated heterocycles. The van der Waals surface area contributed by atoms with Crippen molar-refractivity contribution in [3.05, 3.63) is 11.5 Å². The second kappa shape index (κ2) is 9.06. The van der Waals surface area contributed by atoms with Crippen molar-refractivity contribution in [3.63, 3.8) is 0 Å². The Morgan fingerprint density at radius 3 is 1.62 bits per heavy atom. The first kappa shape index (κ1) is 20.8. The Hall–Kier alpha value is -0.195. The van der Waals surface area contributed by atoms with Crippen LogP contribution in [0.3, 0.4) is 0 Å². The molecule has 124 valence electrons. The molecule has 0 N–H and O–H groups in total. The van der Waals surface area contributed by atoms with Crippen LogP contribution < -0.4 is 0 Å². The zero-order chi connectivity index (χ0) is 16.8. The maximum Gasteiger partial charge on any atom is 0.176 e. The van der Waals surface area contributed by atoms with Crippen molar-refractivity contribution in [2.24, 2.45) is 17.3 Å². The zero-order valence-electron chi connectivity index (χ0n) is 16.6. The lowest BCUT2D eigenvalue weighted by molar-refractivity contribution is 0.533. The Morgan fingerprint density at radius 1 is 0.905 bits per heavy atom. The van der Waals surface area contributed by atoms with Gasteiger partial charge in [-0.05, 0) is 11.8 Å². The second-order valence-corrected chi connectivity index (χ2v) is 8.92. The molecule has 0 saturated carbocycles. The van der Waals surface area contributed by atoms with Crippen LogP contribution in [0, 0.1) is 17.3 Å². The highest BCUT2D eigenvalue weighted by Gasteiger charge is 2.34. The van der Waals surface area contributed by atoms with Crippen LogP contribution in [-0.4, -0.2) is 6.71 Å². The molecule has 0 aromatic carbocycles. The minimum absolute atomic E-state index is 0.286. The van der Waals surface area contributed by atoms with E-state index in [2.05, 4.69) is 75.3 Å². The molecular formula is C20H41B. The molecule has 0 spiro atoms. The van der Waals surface area contributed by atoms with Crippen molar-refractivity contribution in [1.82, 2.24) is 0 Å². The molecule has 0 aliphatic heterocycles. The standard InChI is InChI=1S/C20H41B/c1-11-12-13-19(14-20(8,9)10)21(17(6)15(2)3)18(7)16(4)5/h14-18H,11-13H2,1-10H3/b19-14+. The van der Waals surface area contributed by atoms with E-state index in [0.29, 0.717) is 0 Å². The molecule has 21 heavy (non-hydrogen) atoms. The van der Waals surface area contributed by atoms with Crippen molar-refractivity contribution in [2.75, 3.05) is 0 Å². The predicted octanol–water partition coefficient (Wildman–Crippen LogP) is 7.28. The highest BCUT2D eigenvalue weighted by atomic mass is 14.2. The molecule has 0 aliphatic rings. The largest absolute Gasteiger partial charge is 0.176 e. The third-order valence-electron chi connectivity index (χ3n) is 5.10. The summed E-state index contributed by atoms with van der Waals surface area (Å²) in [5.74, 6) is 3.02. The van der Waals surface area contributed by atoms with E-state index in [-0.39, 0.29) is 5.41 Å². The molecule has 0 radical (unpaired) electrons. The van der Waals surface area contributed by atoms with Gasteiger partial charge in [-0.2, -0.15) is 0 Å². The predicted molar refractivity (Wildman–Crippen MR) is 101 cm³/mol. The van der Waals surface area contributed by atoms with E-state index >= 15 is 0 Å². The Labute approximate surface area is 136 Å². The number of rotatable bonds is 8. The van der Waals surface area contributed by atoms with Crippen molar-refractivity contribution in [2.45, 2.75) is 100 Å². The monoisotopic (exact) mass is 292 g/mol. The van der Waals surface area contributed by atoms with Gasteiger partial charge >= 0.3 is 0 Å². The van der Waals surface area contributed by atoms with Gasteiger partial charge in [0.05, 0.1) is 0 Å². The highest BCUT2D eigenvalue weighted by Crippen LogP contribution is 2.39. The molecule has 2 atom stereocenters. The molecule has 0 amide bonds. The molecule has 0 fully saturated rings. The van der Waals surface area contributed by atoms with E-state index in [4.69, 9.17) is 0 Å². The summed E-state index contributed by atoms with van der Waals surface area (Å²) < 4.78 is 0. The summed E-state index contributed by atoms with van der Waals surface area (Å²) in [7, 11) is 0. The van der Waals surface area contributed by atoms with Gasteiger partial charge in [0.2, 0.25) is 0 Å². The molecule has 0 aliphatic carbocycles. The fourth-order valence-corrected chi connectivity index (χ4v) is 3.26. The quantitative estimate of drug-likeness (QED) is 0.412. The smallest absolute Gasteiger partial charge is 0.104 e. The molecule has 1 heteroatoms. The van der Waals surface area contributed by atoms with Gasteiger partial charge in [-0.1, -0.05) is 112 Å². The van der Waals surface area contributed by atoms with Crippen LogP contribution in [0.1, 0.15) is 88.5 Å². The van der Waals surface area contributed by atoms with E-state index in [0.717, 1.165) is 30.2 Å². The van der Waals surface area contributed by atoms with Gasteiger partial charge in [-0.25, -0.2) is 0 Å². The van der Waals surface area contributed by atoms with Crippen LogP contribution in [0.2, 0.25) is 11.6 Å². The van der Waals surface area contributed by atoms with E-state index in [1.165, 1.54) is 19.3 Å². The average molecular weight is 292 g/mol. The Bertz CT molecular complexity index is 292. The van der Waals surface area contributed by atoms with Gasteiger partial charge in [0.25, 0.3) is 0 Å². The Balaban J connectivity index is 5.60. The molecule has 0 nitrogen and oxygen atoms in total. The summed E-state index contributed by atoms with van der Waals surface area (Å²) in [6, 6.07) is 0. The molecule has 0 aromatic rings. The normalized spacial score (nSPS) is 16.5. The second-order valence-electron chi connectivity index (χ2n) is 8.92. The lowest BCUT2D eigenvalue weighted by Gasteiger charge is -2.35. The van der Waals surface area contributed by atoms with Gasteiger partial charge in [0.1, 0.15) is 0 Å². The van der Waals surface area contributed by atoms with Gasteiger partial charge in [-0.15, -0.1) is 5.47 Å². The molecule has 2 unspecified atom stereocenters. The lowest BCUT2D eigenvalue weighted by atomic mass is 9.27. The minimum Gasteiger partial charge on any atom is -0.104 e. The number of hydrogen-bond acceptors (Lipinski definition) is 0. The molecule has 0 heterocycles. The van der Waals surface area contributed by atoms with E-state index in [1.807, 2.05) is 0 Å². The summed E-state index contributed by atoms with van der Waals surface area (Å²) in [6.45, 7) is 24.6. The molecular weight excluding hydrogens is 251 g/mol. The first-order valence-electron chi connectivity index (χ1n) is 9.22. The van der Waals surface area contributed by atoms with Crippen LogP contribution in [0.4, 0.5) is 0 Å². The van der Waals surface area contributed by atoms with Gasteiger partial charge in [0.15, 0.2) is 6.71 Å². The average Bonchev–Trinajstić information content (AvgIpc) is 2.33. The topological polar surface area (TPSA) is 0 Å². The zero-order valence-corrected chi connectivity index (χ0v) is 16.6. The van der Waals surface area contributed by atoms with Gasteiger partial charge < -0.3 is 0 Å². The summed E-state index contributed by atoms with van der Waals surface area (Å²) in [6.07, 6.45) is 6.49. The molecule has 0 aromatic heterocycles. The molecule has 0 bridgehead atoms. The van der Waals surface area contributed by atoms with Crippen LogP contribution in [-0.2, 0) is 0 Å². The van der Waals surface area contributed by atoms with Crippen LogP contribution in [0.25, 0.3) is 0 Å². The maximum absolute atomic E-state index is 2.59. The summed E-state index contributed by atoms with van der Waals surface area (Å²) in [4.78, 5) is 0. The first-order chi connectivity index (χ1) is 9.51. The Kier molecular flexibility index (Phi) is 8.97. The van der Waals surface area contributed by atoms with E-state index in [9.17, 15) is 0 Å². The first-order valence-corrected chi connectivity index (χ1v) is 9.22. The Morgan fingerprint density at radius 2 is 1.33 bits per heavy atom. The van der Waals surface area contributed by atoms with Crippen LogP contribution in [0.5, 0.6) is 0 Å². The lowest BCUT2D eigenvalue weighted by Crippen LogP contribution is -2.33. The third kappa shape index (κ3) is 7.57. The summed E-state index contributed by atoms with van der Waals surface area (Å²) >= 11 is 0. The fourth-order valence-electron chi connectivity index (χ4n) is 3.26. The van der Waals surface area contributed by atoms with Crippen LogP contribution >= 0.6 is 0 Å². The van der Waals surface area contributed by atoms with E-state index in [1.54, 1.807) is 5.47 Å².